The number of nitrogens with one attached hydrogen (secondary N) is 2. The maximum absolute atomic E-state index is 11.6. The van der Waals surface area contributed by atoms with Crippen LogP contribution in [-0.4, -0.2) is 34.3 Å². The lowest BCUT2D eigenvalue weighted by molar-refractivity contribution is 0.241. The van der Waals surface area contributed by atoms with Crippen molar-refractivity contribution in [1.82, 2.24) is 5.32 Å². The Bertz CT molecular complexity index is 420. The normalized spacial score (nSPS) is 13.7. The zero-order valence-corrected chi connectivity index (χ0v) is 11.3. The average molecular weight is 270 g/mol. The van der Waals surface area contributed by atoms with E-state index in [1.165, 1.54) is 0 Å². The highest BCUT2D eigenvalue weighted by atomic mass is 32.2. The molecule has 5 nitrogen and oxygen atoms in total. The molecule has 0 aliphatic carbocycles. The fourth-order valence-electron chi connectivity index (χ4n) is 1.39. The van der Waals surface area contributed by atoms with Crippen LogP contribution in [0.25, 0.3) is 0 Å². The SMILES string of the molecule is C[C@H](CCO)NC(=O)Nc1ccc(S(C)=O)cc1. The van der Waals surface area contributed by atoms with Gasteiger partial charge >= 0.3 is 6.03 Å². The second kappa shape index (κ2) is 7.13. The number of anilines is 1. The molecule has 100 valence electrons. The highest BCUT2D eigenvalue weighted by molar-refractivity contribution is 7.84. The van der Waals surface area contributed by atoms with Gasteiger partial charge in [0.15, 0.2) is 0 Å². The summed E-state index contributed by atoms with van der Waals surface area (Å²) in [7, 11) is -1.02. The zero-order chi connectivity index (χ0) is 13.5. The minimum Gasteiger partial charge on any atom is -0.396 e. The highest BCUT2D eigenvalue weighted by Crippen LogP contribution is 2.11. The van der Waals surface area contributed by atoms with E-state index >= 15 is 0 Å². The highest BCUT2D eigenvalue weighted by Gasteiger charge is 2.06. The Morgan fingerprint density at radius 1 is 1.39 bits per heavy atom. The first-order valence-electron chi connectivity index (χ1n) is 5.65. The molecule has 0 aromatic heterocycles. The number of benzene rings is 1. The van der Waals surface area contributed by atoms with E-state index in [0.29, 0.717) is 12.1 Å². The van der Waals surface area contributed by atoms with E-state index in [4.69, 9.17) is 5.11 Å². The van der Waals surface area contributed by atoms with Gasteiger partial charge in [-0.2, -0.15) is 0 Å². The number of carbonyl (C=O) groups is 1. The summed E-state index contributed by atoms with van der Waals surface area (Å²) >= 11 is 0. The fraction of sp³-hybridized carbons (Fsp3) is 0.417. The maximum atomic E-state index is 11.6. The molecular formula is C12H18N2O3S. The molecule has 6 heteroatoms. The van der Waals surface area contributed by atoms with Gasteiger partial charge in [0.05, 0.1) is 0 Å². The molecule has 0 bridgehead atoms. The van der Waals surface area contributed by atoms with Gasteiger partial charge in [-0.15, -0.1) is 0 Å². The van der Waals surface area contributed by atoms with Crippen LogP contribution >= 0.6 is 0 Å². The number of rotatable bonds is 5. The Morgan fingerprint density at radius 2 is 2.00 bits per heavy atom. The van der Waals surface area contributed by atoms with Gasteiger partial charge in [-0.1, -0.05) is 0 Å². The summed E-state index contributed by atoms with van der Waals surface area (Å²) in [5.41, 5.74) is 0.637. The van der Waals surface area contributed by atoms with E-state index in [1.807, 2.05) is 6.92 Å². The van der Waals surface area contributed by atoms with E-state index in [2.05, 4.69) is 10.6 Å². The summed E-state index contributed by atoms with van der Waals surface area (Å²) in [6.07, 6.45) is 2.12. The van der Waals surface area contributed by atoms with Gasteiger partial charge in [0.25, 0.3) is 0 Å². The van der Waals surface area contributed by atoms with Crippen LogP contribution in [0.1, 0.15) is 13.3 Å². The molecule has 2 atom stereocenters. The monoisotopic (exact) mass is 270 g/mol. The molecule has 3 N–H and O–H groups in total. The van der Waals surface area contributed by atoms with Crippen molar-refractivity contribution >= 4 is 22.5 Å². The molecule has 0 fully saturated rings. The van der Waals surface area contributed by atoms with Crippen molar-refractivity contribution < 1.29 is 14.1 Å². The van der Waals surface area contributed by atoms with E-state index in [9.17, 15) is 9.00 Å². The van der Waals surface area contributed by atoms with Crippen molar-refractivity contribution in [1.29, 1.82) is 0 Å². The van der Waals surface area contributed by atoms with Crippen LogP contribution in [0.15, 0.2) is 29.2 Å². The first-order chi connectivity index (χ1) is 8.52. The summed E-state index contributed by atoms with van der Waals surface area (Å²) < 4.78 is 11.2. The molecule has 1 aromatic carbocycles. The molecule has 2 amide bonds. The van der Waals surface area contributed by atoms with Gasteiger partial charge in [-0.05, 0) is 37.6 Å². The fourth-order valence-corrected chi connectivity index (χ4v) is 1.91. The van der Waals surface area contributed by atoms with Crippen molar-refractivity contribution in [2.75, 3.05) is 18.2 Å². The lowest BCUT2D eigenvalue weighted by atomic mass is 10.2. The van der Waals surface area contributed by atoms with Gasteiger partial charge in [-0.25, -0.2) is 4.79 Å². The number of urea groups is 1. The maximum Gasteiger partial charge on any atom is 0.319 e. The van der Waals surface area contributed by atoms with Crippen LogP contribution in [-0.2, 0) is 10.8 Å². The molecule has 0 spiro atoms. The molecule has 0 saturated heterocycles. The largest absolute Gasteiger partial charge is 0.396 e. The molecule has 0 saturated carbocycles. The number of hydrogen-bond acceptors (Lipinski definition) is 3. The second-order valence-electron chi connectivity index (χ2n) is 3.99. The lowest BCUT2D eigenvalue weighted by Crippen LogP contribution is -2.36. The predicted molar refractivity (Wildman–Crippen MR) is 72.1 cm³/mol. The van der Waals surface area contributed by atoms with Crippen molar-refractivity contribution in [3.63, 3.8) is 0 Å². The van der Waals surface area contributed by atoms with Crippen LogP contribution in [0.4, 0.5) is 10.5 Å². The Hall–Kier alpha value is -1.40. The summed E-state index contributed by atoms with van der Waals surface area (Å²) in [5, 5.41) is 14.1. The van der Waals surface area contributed by atoms with Crippen LogP contribution in [0.3, 0.4) is 0 Å². The van der Waals surface area contributed by atoms with E-state index in [1.54, 1.807) is 30.5 Å². The van der Waals surface area contributed by atoms with E-state index in [-0.39, 0.29) is 18.7 Å². The molecule has 18 heavy (non-hydrogen) atoms. The van der Waals surface area contributed by atoms with E-state index < -0.39 is 10.8 Å². The minimum absolute atomic E-state index is 0.0401. The van der Waals surface area contributed by atoms with Gasteiger partial charge in [-0.3, -0.25) is 4.21 Å². The van der Waals surface area contributed by atoms with Gasteiger partial charge < -0.3 is 15.7 Å². The van der Waals surface area contributed by atoms with Gasteiger partial charge in [0, 0.05) is 40.3 Å². The summed E-state index contributed by atoms with van der Waals surface area (Å²) in [5.74, 6) is 0. The Labute approximate surface area is 109 Å². The van der Waals surface area contributed by atoms with Crippen molar-refractivity contribution in [3.05, 3.63) is 24.3 Å². The van der Waals surface area contributed by atoms with Crippen LogP contribution < -0.4 is 10.6 Å². The molecule has 0 radical (unpaired) electrons. The predicted octanol–water partition coefficient (Wildman–Crippen LogP) is 1.32. The number of aliphatic hydroxyl groups is 1. The van der Waals surface area contributed by atoms with Crippen LogP contribution in [0.2, 0.25) is 0 Å². The molecule has 0 heterocycles. The molecule has 0 aliphatic rings. The molecule has 0 aliphatic heterocycles. The smallest absolute Gasteiger partial charge is 0.319 e. The van der Waals surface area contributed by atoms with Crippen molar-refractivity contribution in [3.8, 4) is 0 Å². The number of aliphatic hydroxyl groups excluding tert-OH is 1. The number of carbonyl (C=O) groups excluding carboxylic acids is 1. The Balaban J connectivity index is 2.51. The van der Waals surface area contributed by atoms with Crippen LogP contribution in [0.5, 0.6) is 0 Å². The topological polar surface area (TPSA) is 78.4 Å². The van der Waals surface area contributed by atoms with Gasteiger partial charge in [0.1, 0.15) is 0 Å². The quantitative estimate of drug-likeness (QED) is 0.755. The molecular weight excluding hydrogens is 252 g/mol. The van der Waals surface area contributed by atoms with E-state index in [0.717, 1.165) is 4.90 Å². The second-order valence-corrected chi connectivity index (χ2v) is 5.37. The zero-order valence-electron chi connectivity index (χ0n) is 10.5. The standard InChI is InChI=1S/C12H18N2O3S/c1-9(7-8-15)13-12(16)14-10-3-5-11(6-4-10)18(2)17/h3-6,9,15H,7-8H2,1-2H3,(H2,13,14,16)/t9-,18?/m1/s1. The van der Waals surface area contributed by atoms with Crippen LogP contribution in [0, 0.1) is 0 Å². The third kappa shape index (κ3) is 4.85. The van der Waals surface area contributed by atoms with Crippen molar-refractivity contribution in [2.45, 2.75) is 24.3 Å². The summed E-state index contributed by atoms with van der Waals surface area (Å²) in [6.45, 7) is 1.86. The first-order valence-corrected chi connectivity index (χ1v) is 7.20. The van der Waals surface area contributed by atoms with Crippen molar-refractivity contribution in [2.24, 2.45) is 0 Å². The molecule has 1 rings (SSSR count). The van der Waals surface area contributed by atoms with Gasteiger partial charge in [0.2, 0.25) is 0 Å². The average Bonchev–Trinajstić information content (AvgIpc) is 2.29. The summed E-state index contributed by atoms with van der Waals surface area (Å²) in [6, 6.07) is 6.42. The third-order valence-electron chi connectivity index (χ3n) is 2.38. The number of hydrogen-bond donors (Lipinski definition) is 3. The lowest BCUT2D eigenvalue weighted by Gasteiger charge is -2.13. The third-order valence-corrected chi connectivity index (χ3v) is 3.32. The number of amides is 2. The molecule has 1 unspecified atom stereocenters. The Kier molecular flexibility index (Phi) is 5.80. The minimum atomic E-state index is -1.02. The molecule has 1 aromatic rings. The summed E-state index contributed by atoms with van der Waals surface area (Å²) in [4.78, 5) is 12.3. The Morgan fingerprint density at radius 3 is 2.50 bits per heavy atom. The first kappa shape index (κ1) is 14.7.